The molecule has 0 aromatic heterocycles. The number of hydrogen-bond donors (Lipinski definition) is 0. The predicted molar refractivity (Wildman–Crippen MR) is 71.9 cm³/mol. The number of hydrogen-bond acceptors (Lipinski definition) is 3. The third-order valence-corrected chi connectivity index (χ3v) is 2.54. The zero-order valence-electron chi connectivity index (χ0n) is 11.6. The summed E-state index contributed by atoms with van der Waals surface area (Å²) >= 11 is 0. The predicted octanol–water partition coefficient (Wildman–Crippen LogP) is 3.68. The van der Waals surface area contributed by atoms with E-state index < -0.39 is 0 Å². The largest absolute Gasteiger partial charge is 0.493 e. The van der Waals surface area contributed by atoms with Crippen LogP contribution in [0.25, 0.3) is 0 Å². The van der Waals surface area contributed by atoms with E-state index in [1.807, 2.05) is 26.0 Å². The Hall–Kier alpha value is -1.51. The van der Waals surface area contributed by atoms with Crippen molar-refractivity contribution < 1.29 is 14.3 Å². The second-order valence-electron chi connectivity index (χ2n) is 4.86. The molecule has 0 saturated heterocycles. The van der Waals surface area contributed by atoms with Gasteiger partial charge in [-0.1, -0.05) is 26.8 Å². The summed E-state index contributed by atoms with van der Waals surface area (Å²) in [6.45, 7) is 8.68. The lowest BCUT2D eigenvalue weighted by atomic mass is 10.2. The summed E-state index contributed by atoms with van der Waals surface area (Å²) in [4.78, 5) is 11.8. The van der Waals surface area contributed by atoms with Crippen molar-refractivity contribution in [2.75, 3.05) is 6.61 Å². The summed E-state index contributed by atoms with van der Waals surface area (Å²) in [6, 6.07) is 7.13. The Kier molecular flexibility index (Phi) is 5.69. The Morgan fingerprint density at radius 3 is 2.61 bits per heavy atom. The molecular formula is C15H22O3. The summed E-state index contributed by atoms with van der Waals surface area (Å²) in [7, 11) is 0. The molecule has 0 N–H and O–H groups in total. The average Bonchev–Trinajstić information content (AvgIpc) is 2.36. The van der Waals surface area contributed by atoms with Gasteiger partial charge in [-0.15, -0.1) is 0 Å². The molecule has 3 nitrogen and oxygen atoms in total. The molecule has 0 bridgehead atoms. The molecule has 1 atom stereocenters. The van der Waals surface area contributed by atoms with Crippen LogP contribution in [0, 0.1) is 5.92 Å². The van der Waals surface area contributed by atoms with E-state index in [2.05, 4.69) is 13.8 Å². The second-order valence-corrected chi connectivity index (χ2v) is 4.86. The van der Waals surface area contributed by atoms with Gasteiger partial charge in [0.25, 0.3) is 0 Å². The van der Waals surface area contributed by atoms with Crippen molar-refractivity contribution in [2.24, 2.45) is 5.92 Å². The van der Waals surface area contributed by atoms with E-state index in [9.17, 15) is 4.79 Å². The Morgan fingerprint density at radius 1 is 1.28 bits per heavy atom. The molecule has 1 aromatic rings. The van der Waals surface area contributed by atoms with Crippen molar-refractivity contribution in [1.82, 2.24) is 0 Å². The maximum Gasteiger partial charge on any atom is 0.338 e. The minimum absolute atomic E-state index is 0.0576. The Labute approximate surface area is 109 Å². The van der Waals surface area contributed by atoms with Crippen LogP contribution in [0.3, 0.4) is 0 Å². The van der Waals surface area contributed by atoms with Crippen LogP contribution in [-0.2, 0) is 4.74 Å². The molecule has 18 heavy (non-hydrogen) atoms. The van der Waals surface area contributed by atoms with Gasteiger partial charge in [0.2, 0.25) is 0 Å². The fourth-order valence-electron chi connectivity index (χ4n) is 1.31. The van der Waals surface area contributed by atoms with E-state index in [0.29, 0.717) is 23.8 Å². The normalized spacial score (nSPS) is 12.3. The molecule has 100 valence electrons. The maximum absolute atomic E-state index is 11.8. The van der Waals surface area contributed by atoms with Crippen molar-refractivity contribution in [3.05, 3.63) is 29.8 Å². The molecule has 0 aliphatic carbocycles. The third kappa shape index (κ3) is 4.78. The van der Waals surface area contributed by atoms with E-state index in [1.54, 1.807) is 12.1 Å². The lowest BCUT2D eigenvalue weighted by molar-refractivity contribution is 0.0334. The van der Waals surface area contributed by atoms with Gasteiger partial charge in [0.15, 0.2) is 0 Å². The molecule has 0 aliphatic rings. The van der Waals surface area contributed by atoms with Gasteiger partial charge < -0.3 is 9.47 Å². The van der Waals surface area contributed by atoms with Gasteiger partial charge in [-0.3, -0.25) is 0 Å². The molecule has 0 heterocycles. The zero-order chi connectivity index (χ0) is 13.5. The molecule has 0 radical (unpaired) electrons. The molecule has 0 aliphatic heterocycles. The molecule has 1 rings (SSSR count). The number of rotatable bonds is 6. The SMILES string of the molecule is CCC(C)OC(=O)c1cccc(OCC(C)C)c1. The van der Waals surface area contributed by atoms with Gasteiger partial charge in [-0.2, -0.15) is 0 Å². The Balaban J connectivity index is 2.66. The minimum atomic E-state index is -0.292. The van der Waals surface area contributed by atoms with E-state index in [4.69, 9.17) is 9.47 Å². The van der Waals surface area contributed by atoms with Gasteiger partial charge in [-0.25, -0.2) is 4.79 Å². The van der Waals surface area contributed by atoms with Crippen LogP contribution in [0.4, 0.5) is 0 Å². The lowest BCUT2D eigenvalue weighted by Gasteiger charge is -2.12. The summed E-state index contributed by atoms with van der Waals surface area (Å²) in [5, 5.41) is 0. The van der Waals surface area contributed by atoms with Crippen molar-refractivity contribution in [3.8, 4) is 5.75 Å². The number of carbonyl (C=O) groups excluding carboxylic acids is 1. The molecule has 1 unspecified atom stereocenters. The van der Waals surface area contributed by atoms with Gasteiger partial charge >= 0.3 is 5.97 Å². The van der Waals surface area contributed by atoms with Gasteiger partial charge in [0, 0.05) is 0 Å². The molecule has 1 aromatic carbocycles. The highest BCUT2D eigenvalue weighted by Crippen LogP contribution is 2.16. The second kappa shape index (κ2) is 7.04. The highest BCUT2D eigenvalue weighted by Gasteiger charge is 2.11. The molecule has 0 amide bonds. The van der Waals surface area contributed by atoms with Crippen LogP contribution >= 0.6 is 0 Å². The monoisotopic (exact) mass is 250 g/mol. The summed E-state index contributed by atoms with van der Waals surface area (Å²) in [5.41, 5.74) is 0.538. The van der Waals surface area contributed by atoms with Crippen LogP contribution in [0.15, 0.2) is 24.3 Å². The van der Waals surface area contributed by atoms with Crippen LogP contribution in [-0.4, -0.2) is 18.7 Å². The Morgan fingerprint density at radius 2 is 2.00 bits per heavy atom. The first-order valence-corrected chi connectivity index (χ1v) is 6.46. The van der Waals surface area contributed by atoms with Crippen LogP contribution in [0.5, 0.6) is 5.75 Å². The summed E-state index contributed by atoms with van der Waals surface area (Å²) < 4.78 is 10.9. The summed E-state index contributed by atoms with van der Waals surface area (Å²) in [5.74, 6) is 0.877. The van der Waals surface area contributed by atoms with Gasteiger partial charge in [0.05, 0.1) is 18.3 Å². The van der Waals surface area contributed by atoms with Crippen LogP contribution in [0.1, 0.15) is 44.5 Å². The fourth-order valence-corrected chi connectivity index (χ4v) is 1.31. The van der Waals surface area contributed by atoms with E-state index >= 15 is 0 Å². The number of esters is 1. The highest BCUT2D eigenvalue weighted by atomic mass is 16.5. The smallest absolute Gasteiger partial charge is 0.338 e. The first-order valence-electron chi connectivity index (χ1n) is 6.46. The number of benzene rings is 1. The first-order chi connectivity index (χ1) is 8.52. The molecule has 3 heteroatoms. The van der Waals surface area contributed by atoms with Crippen molar-refractivity contribution in [3.63, 3.8) is 0 Å². The standard InChI is InChI=1S/C15H22O3/c1-5-12(4)18-15(16)13-7-6-8-14(9-13)17-10-11(2)3/h6-9,11-12H,5,10H2,1-4H3. The molecule has 0 spiro atoms. The van der Waals surface area contributed by atoms with E-state index in [0.717, 1.165) is 6.42 Å². The molecular weight excluding hydrogens is 228 g/mol. The fraction of sp³-hybridized carbons (Fsp3) is 0.533. The van der Waals surface area contributed by atoms with Gasteiger partial charge in [0.1, 0.15) is 5.75 Å². The maximum atomic E-state index is 11.8. The van der Waals surface area contributed by atoms with E-state index in [1.165, 1.54) is 0 Å². The van der Waals surface area contributed by atoms with Crippen LogP contribution < -0.4 is 4.74 Å². The lowest BCUT2D eigenvalue weighted by Crippen LogP contribution is -2.14. The van der Waals surface area contributed by atoms with Crippen molar-refractivity contribution in [2.45, 2.75) is 40.2 Å². The van der Waals surface area contributed by atoms with Crippen molar-refractivity contribution >= 4 is 5.97 Å². The quantitative estimate of drug-likeness (QED) is 0.722. The number of carbonyl (C=O) groups is 1. The average molecular weight is 250 g/mol. The molecule has 0 fully saturated rings. The third-order valence-electron chi connectivity index (χ3n) is 2.54. The van der Waals surface area contributed by atoms with Crippen molar-refractivity contribution in [1.29, 1.82) is 0 Å². The van der Waals surface area contributed by atoms with Crippen LogP contribution in [0.2, 0.25) is 0 Å². The zero-order valence-corrected chi connectivity index (χ0v) is 11.6. The van der Waals surface area contributed by atoms with E-state index in [-0.39, 0.29) is 12.1 Å². The molecule has 0 saturated carbocycles. The topological polar surface area (TPSA) is 35.5 Å². The minimum Gasteiger partial charge on any atom is -0.493 e. The highest BCUT2D eigenvalue weighted by molar-refractivity contribution is 5.89. The summed E-state index contributed by atoms with van der Waals surface area (Å²) in [6.07, 6.45) is 0.757. The first kappa shape index (κ1) is 14.6. The Bertz CT molecular complexity index is 385. The van der Waals surface area contributed by atoms with Gasteiger partial charge in [-0.05, 0) is 37.5 Å². The number of ether oxygens (including phenoxy) is 2.